The van der Waals surface area contributed by atoms with Crippen molar-refractivity contribution < 1.29 is 14.3 Å². The summed E-state index contributed by atoms with van der Waals surface area (Å²) in [4.78, 5) is 26.2. The van der Waals surface area contributed by atoms with Crippen LogP contribution < -0.4 is 24.6 Å². The smallest absolute Gasteiger partial charge is 0.251 e. The number of anilines is 2. The van der Waals surface area contributed by atoms with Gasteiger partial charge in [0.15, 0.2) is 5.65 Å². The number of benzene rings is 2. The molecule has 1 fully saturated rings. The van der Waals surface area contributed by atoms with E-state index < -0.39 is 0 Å². The molecule has 2 aromatic heterocycles. The highest BCUT2D eigenvalue weighted by atomic mass is 16.5. The summed E-state index contributed by atoms with van der Waals surface area (Å²) in [6, 6.07) is 15.2. The number of nitrogens with one attached hydrogen (secondary N) is 1. The summed E-state index contributed by atoms with van der Waals surface area (Å²) >= 11 is 0. The number of carbonyl (C=O) groups is 1. The standard InChI is InChI=1S/C26H29N7O3/c1-35-21-8-6-20(7-9-21)31-12-14-32(15-13-31)24-23-17-30-33(25(23)29-18-28-24)11-10-27-26(34)19-4-3-5-22(16-19)36-2/h3-9,16-18H,10-15H2,1-2H3,(H,27,34). The van der Waals surface area contributed by atoms with Crippen LogP contribution in [0.2, 0.25) is 0 Å². The normalized spacial score (nSPS) is 13.6. The molecule has 5 rings (SSSR count). The van der Waals surface area contributed by atoms with Crippen molar-refractivity contribution >= 4 is 28.4 Å². The number of hydrogen-bond donors (Lipinski definition) is 1. The summed E-state index contributed by atoms with van der Waals surface area (Å²) in [7, 11) is 3.26. The molecule has 1 N–H and O–H groups in total. The molecule has 0 spiro atoms. The Morgan fingerprint density at radius 2 is 1.69 bits per heavy atom. The Labute approximate surface area is 209 Å². The highest BCUT2D eigenvalue weighted by Gasteiger charge is 2.21. The first-order valence-electron chi connectivity index (χ1n) is 11.9. The van der Waals surface area contributed by atoms with Gasteiger partial charge in [-0.25, -0.2) is 14.6 Å². The first-order valence-corrected chi connectivity index (χ1v) is 11.9. The van der Waals surface area contributed by atoms with E-state index in [4.69, 9.17) is 9.47 Å². The van der Waals surface area contributed by atoms with E-state index in [1.54, 1.807) is 43.4 Å². The Morgan fingerprint density at radius 1 is 0.944 bits per heavy atom. The number of piperazine rings is 1. The number of rotatable bonds is 8. The van der Waals surface area contributed by atoms with Gasteiger partial charge < -0.3 is 24.6 Å². The van der Waals surface area contributed by atoms with Gasteiger partial charge in [-0.2, -0.15) is 5.10 Å². The Balaban J connectivity index is 1.21. The maximum Gasteiger partial charge on any atom is 0.251 e. The number of amides is 1. The average molecular weight is 488 g/mol. The Morgan fingerprint density at radius 3 is 2.44 bits per heavy atom. The Kier molecular flexibility index (Phi) is 6.83. The largest absolute Gasteiger partial charge is 0.497 e. The molecule has 1 saturated heterocycles. The molecule has 0 atom stereocenters. The van der Waals surface area contributed by atoms with Crippen LogP contribution in [0.1, 0.15) is 10.4 Å². The predicted molar refractivity (Wildman–Crippen MR) is 138 cm³/mol. The number of carbonyl (C=O) groups excluding carboxylic acids is 1. The number of fused-ring (bicyclic) bond motifs is 1. The van der Waals surface area contributed by atoms with Crippen molar-refractivity contribution in [1.29, 1.82) is 0 Å². The number of nitrogens with zero attached hydrogens (tertiary/aromatic N) is 6. The lowest BCUT2D eigenvalue weighted by atomic mass is 10.2. The third-order valence-electron chi connectivity index (χ3n) is 6.37. The van der Waals surface area contributed by atoms with Crippen molar-refractivity contribution in [3.8, 4) is 11.5 Å². The zero-order chi connectivity index (χ0) is 24.9. The number of ether oxygens (including phenoxy) is 2. The number of methoxy groups -OCH3 is 2. The SMILES string of the molecule is COc1ccc(N2CCN(c3ncnc4c3cnn4CCNC(=O)c3cccc(OC)c3)CC2)cc1. The fourth-order valence-corrected chi connectivity index (χ4v) is 4.41. The van der Waals surface area contributed by atoms with Gasteiger partial charge in [-0.1, -0.05) is 6.07 Å². The van der Waals surface area contributed by atoms with Crippen LogP contribution >= 0.6 is 0 Å². The van der Waals surface area contributed by atoms with Crippen molar-refractivity contribution in [1.82, 2.24) is 25.1 Å². The van der Waals surface area contributed by atoms with Gasteiger partial charge in [0.2, 0.25) is 0 Å². The lowest BCUT2D eigenvalue weighted by Crippen LogP contribution is -2.46. The zero-order valence-electron chi connectivity index (χ0n) is 20.4. The van der Waals surface area contributed by atoms with Crippen molar-refractivity contribution in [2.45, 2.75) is 6.54 Å². The molecule has 10 heteroatoms. The van der Waals surface area contributed by atoms with E-state index in [1.165, 1.54) is 5.69 Å². The van der Waals surface area contributed by atoms with E-state index >= 15 is 0 Å². The summed E-state index contributed by atoms with van der Waals surface area (Å²) < 4.78 is 12.3. The minimum atomic E-state index is -0.157. The van der Waals surface area contributed by atoms with Gasteiger partial charge in [0.05, 0.1) is 32.3 Å². The quantitative estimate of drug-likeness (QED) is 0.405. The maximum absolute atomic E-state index is 12.5. The highest BCUT2D eigenvalue weighted by Crippen LogP contribution is 2.26. The zero-order valence-corrected chi connectivity index (χ0v) is 20.4. The molecule has 3 heterocycles. The Bertz CT molecular complexity index is 1330. The molecule has 186 valence electrons. The molecule has 1 aliphatic heterocycles. The Hall–Kier alpha value is -4.34. The van der Waals surface area contributed by atoms with Crippen LogP contribution in [0.15, 0.2) is 61.1 Å². The second-order valence-corrected chi connectivity index (χ2v) is 8.46. The van der Waals surface area contributed by atoms with Gasteiger partial charge in [-0.3, -0.25) is 4.79 Å². The van der Waals surface area contributed by atoms with Crippen LogP contribution in [0.4, 0.5) is 11.5 Å². The molecule has 10 nitrogen and oxygen atoms in total. The lowest BCUT2D eigenvalue weighted by molar-refractivity contribution is 0.0951. The van der Waals surface area contributed by atoms with E-state index in [2.05, 4.69) is 42.3 Å². The molecule has 36 heavy (non-hydrogen) atoms. The summed E-state index contributed by atoms with van der Waals surface area (Å²) in [5.74, 6) is 2.24. The average Bonchev–Trinajstić information content (AvgIpc) is 3.36. The summed E-state index contributed by atoms with van der Waals surface area (Å²) in [6.45, 7) is 4.40. The molecule has 4 aromatic rings. The van der Waals surface area contributed by atoms with Crippen molar-refractivity contribution in [3.05, 3.63) is 66.6 Å². The summed E-state index contributed by atoms with van der Waals surface area (Å²) in [5, 5.41) is 8.37. The fraction of sp³-hybridized carbons (Fsp3) is 0.308. The van der Waals surface area contributed by atoms with Crippen molar-refractivity contribution in [2.24, 2.45) is 0 Å². The summed E-state index contributed by atoms with van der Waals surface area (Å²) in [6.07, 6.45) is 3.39. The predicted octanol–water partition coefficient (Wildman–Crippen LogP) is 2.60. The van der Waals surface area contributed by atoms with Crippen molar-refractivity contribution in [3.63, 3.8) is 0 Å². The monoisotopic (exact) mass is 487 g/mol. The van der Waals surface area contributed by atoms with Crippen molar-refractivity contribution in [2.75, 3.05) is 56.7 Å². The molecule has 1 amide bonds. The van der Waals surface area contributed by atoms with Crippen LogP contribution in [0.25, 0.3) is 11.0 Å². The van der Waals surface area contributed by atoms with Gasteiger partial charge in [-0.05, 0) is 42.5 Å². The van der Waals surface area contributed by atoms with Crippen LogP contribution in [0, 0.1) is 0 Å². The van der Waals surface area contributed by atoms with E-state index in [9.17, 15) is 4.79 Å². The maximum atomic E-state index is 12.5. The third-order valence-corrected chi connectivity index (χ3v) is 6.37. The lowest BCUT2D eigenvalue weighted by Gasteiger charge is -2.36. The molecule has 2 aromatic carbocycles. The van der Waals surface area contributed by atoms with E-state index in [0.29, 0.717) is 24.4 Å². The topological polar surface area (TPSA) is 97.6 Å². The van der Waals surface area contributed by atoms with Gasteiger partial charge in [0.25, 0.3) is 5.91 Å². The van der Waals surface area contributed by atoms with E-state index in [0.717, 1.165) is 48.8 Å². The van der Waals surface area contributed by atoms with Gasteiger partial charge in [-0.15, -0.1) is 0 Å². The molecule has 0 radical (unpaired) electrons. The van der Waals surface area contributed by atoms with Crippen LogP contribution in [-0.2, 0) is 6.54 Å². The highest BCUT2D eigenvalue weighted by molar-refractivity contribution is 5.94. The van der Waals surface area contributed by atoms with Gasteiger partial charge >= 0.3 is 0 Å². The van der Waals surface area contributed by atoms with E-state index in [1.807, 2.05) is 24.4 Å². The first kappa shape index (κ1) is 23.4. The minimum absolute atomic E-state index is 0.157. The number of hydrogen-bond acceptors (Lipinski definition) is 8. The second kappa shape index (κ2) is 10.5. The molecule has 1 aliphatic rings. The molecule has 0 bridgehead atoms. The molecule has 0 aliphatic carbocycles. The van der Waals surface area contributed by atoms with Crippen LogP contribution in [-0.4, -0.2) is 72.6 Å². The van der Waals surface area contributed by atoms with Crippen LogP contribution in [0.3, 0.4) is 0 Å². The molecular weight excluding hydrogens is 458 g/mol. The van der Waals surface area contributed by atoms with E-state index in [-0.39, 0.29) is 5.91 Å². The van der Waals surface area contributed by atoms with Gasteiger partial charge in [0.1, 0.15) is 23.6 Å². The molecular formula is C26H29N7O3. The molecule has 0 saturated carbocycles. The molecule has 0 unspecified atom stereocenters. The second-order valence-electron chi connectivity index (χ2n) is 8.46. The minimum Gasteiger partial charge on any atom is -0.497 e. The third kappa shape index (κ3) is 4.88. The first-order chi connectivity index (χ1) is 17.7. The summed E-state index contributed by atoms with van der Waals surface area (Å²) in [5.41, 5.74) is 2.50. The van der Waals surface area contributed by atoms with Gasteiger partial charge in [0, 0.05) is 44.0 Å². The van der Waals surface area contributed by atoms with Crippen LogP contribution in [0.5, 0.6) is 11.5 Å². The number of aromatic nitrogens is 4. The fourth-order valence-electron chi connectivity index (χ4n) is 4.41.